The van der Waals surface area contributed by atoms with Gasteiger partial charge in [-0.2, -0.15) is 9.78 Å². The molecule has 0 spiro atoms. The molecule has 0 fully saturated rings. The summed E-state index contributed by atoms with van der Waals surface area (Å²) in [7, 11) is 0. The van der Waals surface area contributed by atoms with Gasteiger partial charge in [-0.1, -0.05) is 72.3 Å². The lowest BCUT2D eigenvalue weighted by atomic mass is 10.1. The summed E-state index contributed by atoms with van der Waals surface area (Å²) < 4.78 is 16.1. The van der Waals surface area contributed by atoms with Crippen LogP contribution in [0.4, 0.5) is 4.39 Å². The van der Waals surface area contributed by atoms with E-state index in [0.29, 0.717) is 5.56 Å². The molecule has 0 saturated carbocycles. The molecule has 1 N–H and O–H groups in total. The summed E-state index contributed by atoms with van der Waals surface area (Å²) >= 11 is 0. The summed E-state index contributed by atoms with van der Waals surface area (Å²) in [6.45, 7) is 1.96. The van der Waals surface area contributed by atoms with Gasteiger partial charge in [0.1, 0.15) is 11.5 Å². The summed E-state index contributed by atoms with van der Waals surface area (Å²) in [5, 5.41) is 6.60. The van der Waals surface area contributed by atoms with E-state index in [1.807, 2.05) is 49.4 Å². The molecule has 0 unspecified atom stereocenters. The molecule has 1 aromatic heterocycles. The normalized spacial score (nSPS) is 10.7. The number of amides is 1. The quantitative estimate of drug-likeness (QED) is 0.496. The molecule has 0 aliphatic carbocycles. The molecule has 4 rings (SSSR count). The van der Waals surface area contributed by atoms with Crippen molar-refractivity contribution < 1.29 is 9.18 Å². The van der Waals surface area contributed by atoms with Gasteiger partial charge in [-0.05, 0) is 30.2 Å². The van der Waals surface area contributed by atoms with E-state index in [1.165, 1.54) is 24.3 Å². The van der Waals surface area contributed by atoms with Crippen LogP contribution in [0.15, 0.2) is 88.5 Å². The first kappa shape index (κ1) is 21.9. The van der Waals surface area contributed by atoms with E-state index in [2.05, 4.69) is 10.4 Å². The lowest BCUT2D eigenvalue weighted by molar-refractivity contribution is 0.0941. The number of nitrogens with zero attached hydrogens (tertiary/aromatic N) is 3. The first-order valence-corrected chi connectivity index (χ1v) is 10.3. The average Bonchev–Trinajstić information content (AvgIpc) is 2.82. The van der Waals surface area contributed by atoms with Crippen molar-refractivity contribution in [3.63, 3.8) is 0 Å². The maximum atomic E-state index is 14.5. The van der Waals surface area contributed by atoms with Crippen molar-refractivity contribution in [3.05, 3.63) is 128 Å². The Morgan fingerprint density at radius 1 is 0.939 bits per heavy atom. The van der Waals surface area contributed by atoms with Crippen molar-refractivity contribution in [2.24, 2.45) is 0 Å². The Morgan fingerprint density at radius 2 is 1.64 bits per heavy atom. The molecule has 7 nitrogen and oxygen atoms in total. The Kier molecular flexibility index (Phi) is 6.26. The van der Waals surface area contributed by atoms with Crippen LogP contribution in [0.2, 0.25) is 0 Å². The monoisotopic (exact) mass is 444 g/mol. The number of para-hydroxylation sites is 1. The lowest BCUT2D eigenvalue weighted by Crippen LogP contribution is -2.46. The maximum Gasteiger partial charge on any atom is 0.352 e. The van der Waals surface area contributed by atoms with Crippen LogP contribution in [0.3, 0.4) is 0 Å². The SMILES string of the molecule is Cc1cccc(Cn2c(=O)c(C(=O)NCc3ccccc3)nn(-c3ccccc3F)c2=O)c1. The third-order valence-electron chi connectivity index (χ3n) is 5.07. The van der Waals surface area contributed by atoms with Crippen LogP contribution in [0.25, 0.3) is 5.69 Å². The van der Waals surface area contributed by atoms with Gasteiger partial charge in [0.25, 0.3) is 11.5 Å². The van der Waals surface area contributed by atoms with Gasteiger partial charge in [-0.15, -0.1) is 0 Å². The number of halogens is 1. The molecule has 0 atom stereocenters. The van der Waals surface area contributed by atoms with Crippen LogP contribution >= 0.6 is 0 Å². The topological polar surface area (TPSA) is 86.0 Å². The molecular formula is C25H21FN4O3. The highest BCUT2D eigenvalue weighted by Gasteiger charge is 2.21. The molecule has 3 aromatic carbocycles. The van der Waals surface area contributed by atoms with Crippen molar-refractivity contribution in [1.82, 2.24) is 19.7 Å². The number of aryl methyl sites for hydroxylation is 1. The number of nitrogens with one attached hydrogen (secondary N) is 1. The molecule has 8 heteroatoms. The van der Waals surface area contributed by atoms with Gasteiger partial charge in [-0.25, -0.2) is 9.18 Å². The summed E-state index contributed by atoms with van der Waals surface area (Å²) in [4.78, 5) is 39.2. The molecule has 1 heterocycles. The van der Waals surface area contributed by atoms with E-state index in [0.717, 1.165) is 20.4 Å². The van der Waals surface area contributed by atoms with Gasteiger partial charge in [-0.3, -0.25) is 14.2 Å². The van der Waals surface area contributed by atoms with Gasteiger partial charge in [0.15, 0.2) is 0 Å². The number of aromatic nitrogens is 3. The number of benzene rings is 3. The fraction of sp³-hybridized carbons (Fsp3) is 0.120. The van der Waals surface area contributed by atoms with Crippen molar-refractivity contribution in [3.8, 4) is 5.69 Å². The van der Waals surface area contributed by atoms with Crippen molar-refractivity contribution >= 4 is 5.91 Å². The van der Waals surface area contributed by atoms with Crippen molar-refractivity contribution in [1.29, 1.82) is 0 Å². The summed E-state index contributed by atoms with van der Waals surface area (Å²) in [6, 6.07) is 22.0. The van der Waals surface area contributed by atoms with Crippen LogP contribution in [0.5, 0.6) is 0 Å². The van der Waals surface area contributed by atoms with Crippen LogP contribution < -0.4 is 16.6 Å². The molecule has 1 amide bonds. The van der Waals surface area contributed by atoms with E-state index in [1.54, 1.807) is 12.1 Å². The highest BCUT2D eigenvalue weighted by atomic mass is 19.1. The van der Waals surface area contributed by atoms with Crippen LogP contribution in [0.1, 0.15) is 27.2 Å². The van der Waals surface area contributed by atoms with Gasteiger partial charge in [0.05, 0.1) is 6.54 Å². The predicted molar refractivity (Wildman–Crippen MR) is 122 cm³/mol. The number of carbonyl (C=O) groups excluding carboxylic acids is 1. The second-order valence-electron chi connectivity index (χ2n) is 7.54. The molecular weight excluding hydrogens is 423 g/mol. The summed E-state index contributed by atoms with van der Waals surface area (Å²) in [5.41, 5.74) is 0.124. The summed E-state index contributed by atoms with van der Waals surface area (Å²) in [6.07, 6.45) is 0. The minimum absolute atomic E-state index is 0.0880. The van der Waals surface area contributed by atoms with Gasteiger partial charge < -0.3 is 5.32 Å². The molecule has 0 aliphatic heterocycles. The molecule has 0 radical (unpaired) electrons. The average molecular weight is 444 g/mol. The van der Waals surface area contributed by atoms with E-state index in [-0.39, 0.29) is 18.8 Å². The highest BCUT2D eigenvalue weighted by Crippen LogP contribution is 2.10. The van der Waals surface area contributed by atoms with Crippen LogP contribution in [-0.2, 0) is 13.1 Å². The smallest absolute Gasteiger partial charge is 0.346 e. The zero-order valence-corrected chi connectivity index (χ0v) is 17.9. The Labute approximate surface area is 188 Å². The first-order valence-electron chi connectivity index (χ1n) is 10.3. The maximum absolute atomic E-state index is 14.5. The van der Waals surface area contributed by atoms with E-state index < -0.39 is 28.7 Å². The van der Waals surface area contributed by atoms with E-state index in [9.17, 15) is 18.8 Å². The van der Waals surface area contributed by atoms with E-state index in [4.69, 9.17) is 0 Å². The Bertz CT molecular complexity index is 1430. The van der Waals surface area contributed by atoms with Gasteiger partial charge >= 0.3 is 5.69 Å². The zero-order chi connectivity index (χ0) is 23.4. The minimum Gasteiger partial charge on any atom is -0.346 e. The van der Waals surface area contributed by atoms with Crippen LogP contribution in [0, 0.1) is 12.7 Å². The van der Waals surface area contributed by atoms with Gasteiger partial charge in [0, 0.05) is 6.54 Å². The Balaban J connectivity index is 1.81. The number of hydrogen-bond donors (Lipinski definition) is 1. The van der Waals surface area contributed by atoms with Crippen LogP contribution in [-0.4, -0.2) is 20.3 Å². The second-order valence-corrected chi connectivity index (χ2v) is 7.54. The highest BCUT2D eigenvalue weighted by molar-refractivity contribution is 5.91. The predicted octanol–water partition coefficient (Wildman–Crippen LogP) is 2.82. The lowest BCUT2D eigenvalue weighted by Gasteiger charge is -2.13. The molecule has 0 saturated heterocycles. The number of hydrogen-bond acceptors (Lipinski definition) is 4. The van der Waals surface area contributed by atoms with Crippen molar-refractivity contribution in [2.45, 2.75) is 20.0 Å². The van der Waals surface area contributed by atoms with Gasteiger partial charge in [0.2, 0.25) is 5.69 Å². The Hall–Kier alpha value is -4.33. The summed E-state index contributed by atoms with van der Waals surface area (Å²) in [5.74, 6) is -1.46. The third-order valence-corrected chi connectivity index (χ3v) is 5.07. The first-order chi connectivity index (χ1) is 15.9. The third kappa shape index (κ3) is 4.79. The fourth-order valence-electron chi connectivity index (χ4n) is 3.43. The van der Waals surface area contributed by atoms with Crippen molar-refractivity contribution in [2.75, 3.05) is 0 Å². The number of rotatable bonds is 6. The number of carbonyl (C=O) groups is 1. The molecule has 0 bridgehead atoms. The fourth-order valence-corrected chi connectivity index (χ4v) is 3.43. The Morgan fingerprint density at radius 3 is 2.36 bits per heavy atom. The second kappa shape index (κ2) is 9.44. The largest absolute Gasteiger partial charge is 0.352 e. The molecule has 0 aliphatic rings. The van der Waals surface area contributed by atoms with E-state index >= 15 is 0 Å². The molecule has 33 heavy (non-hydrogen) atoms. The molecule has 4 aromatic rings. The zero-order valence-electron chi connectivity index (χ0n) is 17.9. The molecule has 166 valence electrons. The standard InChI is InChI=1S/C25H21FN4O3/c1-17-8-7-11-19(14-17)16-29-24(32)22(23(31)27-15-18-9-3-2-4-10-18)28-30(25(29)33)21-13-6-5-12-20(21)26/h2-14H,15-16H2,1H3,(H,27,31). The minimum atomic E-state index is -0.848.